The maximum absolute atomic E-state index is 12.8. The van der Waals surface area contributed by atoms with Crippen molar-refractivity contribution in [3.8, 4) is 0 Å². The highest BCUT2D eigenvalue weighted by atomic mass is 31.2. The maximum Gasteiger partial charge on any atom is 0.472 e. The number of ether oxygens (including phenoxy) is 3. The van der Waals surface area contributed by atoms with Gasteiger partial charge in [0.05, 0.1) is 19.8 Å². The molecular weight excluding hydrogens is 832 g/mol. The van der Waals surface area contributed by atoms with Crippen molar-refractivity contribution in [2.75, 3.05) is 26.4 Å². The summed E-state index contributed by atoms with van der Waals surface area (Å²) < 4.78 is 39.2. The van der Waals surface area contributed by atoms with Gasteiger partial charge in [0, 0.05) is 19.3 Å². The predicted molar refractivity (Wildman–Crippen MR) is 261 cm³/mol. The van der Waals surface area contributed by atoms with Gasteiger partial charge >= 0.3 is 25.7 Å². The van der Waals surface area contributed by atoms with Crippen LogP contribution in [0.15, 0.2) is 60.8 Å². The zero-order valence-electron chi connectivity index (χ0n) is 40.5. The molecule has 0 amide bonds. The third kappa shape index (κ3) is 44.4. The first-order chi connectivity index (χ1) is 31.2. The van der Waals surface area contributed by atoms with Crippen molar-refractivity contribution in [3.05, 3.63) is 60.8 Å². The van der Waals surface area contributed by atoms with E-state index in [4.69, 9.17) is 23.3 Å². The number of unbranched alkanes of at least 4 members (excludes halogenated alkanes) is 19. The second-order valence-electron chi connectivity index (χ2n) is 16.6. The van der Waals surface area contributed by atoms with Crippen LogP contribution in [0, 0.1) is 0 Å². The van der Waals surface area contributed by atoms with Crippen LogP contribution in [0.1, 0.15) is 213 Å². The summed E-state index contributed by atoms with van der Waals surface area (Å²) in [5.41, 5.74) is 0. The van der Waals surface area contributed by atoms with Crippen LogP contribution in [0.5, 0.6) is 0 Å². The molecule has 0 saturated carbocycles. The fourth-order valence-corrected chi connectivity index (χ4v) is 7.35. The summed E-state index contributed by atoms with van der Waals surface area (Å²) in [5, 5.41) is 9.73. The van der Waals surface area contributed by atoms with Gasteiger partial charge in [-0.1, -0.05) is 178 Å². The topological polar surface area (TPSA) is 155 Å². The summed E-state index contributed by atoms with van der Waals surface area (Å²) in [6.45, 7) is 4.41. The Morgan fingerprint density at radius 1 is 0.453 bits per heavy atom. The van der Waals surface area contributed by atoms with Gasteiger partial charge in [-0.05, 0) is 77.0 Å². The minimum Gasteiger partial charge on any atom is -0.462 e. The van der Waals surface area contributed by atoms with Crippen molar-refractivity contribution in [2.24, 2.45) is 0 Å². The summed E-state index contributed by atoms with van der Waals surface area (Å²) in [4.78, 5) is 48.1. The van der Waals surface area contributed by atoms with Crippen LogP contribution in [0.25, 0.3) is 0 Å². The molecule has 0 spiro atoms. The normalized spacial score (nSPS) is 14.0. The van der Waals surface area contributed by atoms with E-state index in [1.165, 1.54) is 44.9 Å². The molecule has 64 heavy (non-hydrogen) atoms. The first kappa shape index (κ1) is 61.2. The summed E-state index contributed by atoms with van der Waals surface area (Å²) in [6, 6.07) is 0. The molecule has 3 unspecified atom stereocenters. The molecule has 11 nitrogen and oxygen atoms in total. The molecular formula is C52H91O11P. The zero-order chi connectivity index (χ0) is 47.0. The first-order valence-electron chi connectivity index (χ1n) is 25.2. The lowest BCUT2D eigenvalue weighted by molar-refractivity contribution is -0.161. The van der Waals surface area contributed by atoms with E-state index in [1.807, 2.05) is 0 Å². The van der Waals surface area contributed by atoms with Gasteiger partial charge in [0.25, 0.3) is 0 Å². The van der Waals surface area contributed by atoms with Gasteiger partial charge in [-0.2, -0.15) is 0 Å². The van der Waals surface area contributed by atoms with Crippen molar-refractivity contribution in [3.63, 3.8) is 0 Å². The van der Waals surface area contributed by atoms with Crippen molar-refractivity contribution < 1.29 is 52.2 Å². The number of phosphoric acid groups is 1. The zero-order valence-corrected chi connectivity index (χ0v) is 41.4. The van der Waals surface area contributed by atoms with Crippen molar-refractivity contribution >= 4 is 25.7 Å². The fourth-order valence-electron chi connectivity index (χ4n) is 6.56. The van der Waals surface area contributed by atoms with Gasteiger partial charge in [-0.3, -0.25) is 23.4 Å². The number of allylic oxidation sites excluding steroid dienone is 10. The third-order valence-corrected chi connectivity index (χ3v) is 11.4. The van der Waals surface area contributed by atoms with Crippen LogP contribution in [0.3, 0.4) is 0 Å². The van der Waals surface area contributed by atoms with E-state index < -0.39 is 57.8 Å². The molecule has 370 valence electrons. The molecule has 0 aliphatic heterocycles. The quantitative estimate of drug-likeness (QED) is 0.0197. The molecule has 2 N–H and O–H groups in total. The molecule has 0 bridgehead atoms. The molecule has 0 rings (SSSR count). The highest BCUT2D eigenvalue weighted by Gasteiger charge is 2.28. The van der Waals surface area contributed by atoms with Gasteiger partial charge in [0.2, 0.25) is 0 Å². The van der Waals surface area contributed by atoms with E-state index >= 15 is 0 Å². The molecule has 0 radical (unpaired) electrons. The summed E-state index contributed by atoms with van der Waals surface area (Å²) in [5.74, 6) is -1.51. The van der Waals surface area contributed by atoms with Crippen molar-refractivity contribution in [1.82, 2.24) is 0 Å². The maximum atomic E-state index is 12.8. The first-order valence-corrected chi connectivity index (χ1v) is 26.7. The van der Waals surface area contributed by atoms with Gasteiger partial charge in [-0.25, -0.2) is 4.57 Å². The molecule has 0 aromatic heterocycles. The summed E-state index contributed by atoms with van der Waals surface area (Å²) >= 11 is 0. The van der Waals surface area contributed by atoms with Crippen molar-refractivity contribution in [1.29, 1.82) is 0 Å². The van der Waals surface area contributed by atoms with E-state index in [9.17, 15) is 28.9 Å². The van der Waals surface area contributed by atoms with Gasteiger partial charge < -0.3 is 24.2 Å². The number of carbonyl (C=O) groups is 3. The second kappa shape index (κ2) is 46.7. The Morgan fingerprint density at radius 3 is 1.31 bits per heavy atom. The molecule has 0 aliphatic carbocycles. The standard InChI is InChI=1S/C52H91O11P/c1-4-7-10-13-16-19-21-22-23-24-25-26-28-30-32-35-38-41-50(54)59-45-49(63-52(56)43-40-37-34-31-27-20-17-14-11-8-5-2)47-61-64(57,58)60-46-48(44-53)62-51(55)42-39-36-33-29-18-15-12-9-6-3/h7,10,14,16-17,19,22-23,25-26,48-49,53H,4-6,8-9,11-13,15,18,20-21,24,27-47H2,1-3H3,(H,57,58)/b10-7-,17-14-,19-16-,23-22-,26-25-. The largest absolute Gasteiger partial charge is 0.472 e. The monoisotopic (exact) mass is 923 g/mol. The lowest BCUT2D eigenvalue weighted by Crippen LogP contribution is -2.30. The number of aliphatic hydroxyl groups is 1. The molecule has 0 aliphatic rings. The minimum atomic E-state index is -4.74. The van der Waals surface area contributed by atoms with E-state index in [0.29, 0.717) is 19.3 Å². The Balaban J connectivity index is 4.77. The van der Waals surface area contributed by atoms with Crippen LogP contribution >= 0.6 is 7.82 Å². The van der Waals surface area contributed by atoms with Crippen LogP contribution in [0.2, 0.25) is 0 Å². The molecule has 0 saturated heterocycles. The third-order valence-electron chi connectivity index (χ3n) is 10.4. The van der Waals surface area contributed by atoms with E-state index in [2.05, 4.69) is 81.5 Å². The fraction of sp³-hybridized carbons (Fsp3) is 0.750. The number of hydrogen-bond donors (Lipinski definition) is 2. The van der Waals surface area contributed by atoms with Crippen LogP contribution in [0.4, 0.5) is 0 Å². The minimum absolute atomic E-state index is 0.151. The summed E-state index contributed by atoms with van der Waals surface area (Å²) in [6.07, 6.45) is 47.7. The lowest BCUT2D eigenvalue weighted by atomic mass is 10.1. The average Bonchev–Trinajstić information content (AvgIpc) is 3.28. The number of hydrogen-bond acceptors (Lipinski definition) is 10. The van der Waals surface area contributed by atoms with Crippen LogP contribution in [-0.4, -0.2) is 66.5 Å². The number of esters is 3. The van der Waals surface area contributed by atoms with E-state index in [-0.39, 0.29) is 25.9 Å². The Hall–Kier alpha value is -2.82. The Morgan fingerprint density at radius 2 is 0.828 bits per heavy atom. The predicted octanol–water partition coefficient (Wildman–Crippen LogP) is 14.0. The summed E-state index contributed by atoms with van der Waals surface area (Å²) in [7, 11) is -4.74. The molecule has 12 heteroatoms. The Kier molecular flexibility index (Phi) is 44.6. The van der Waals surface area contributed by atoms with Gasteiger partial charge in [0.15, 0.2) is 6.10 Å². The van der Waals surface area contributed by atoms with Crippen LogP contribution < -0.4 is 0 Å². The molecule has 3 atom stereocenters. The SMILES string of the molecule is CC/C=C\C/C=C\C/C=C\C/C=C\CCCCCCC(=O)OCC(COP(=O)(O)OCC(CO)OC(=O)CCCCCCCCCCC)OC(=O)CCCCCCC/C=C\CCCC. The lowest BCUT2D eigenvalue weighted by Gasteiger charge is -2.21. The van der Waals surface area contributed by atoms with E-state index in [0.717, 1.165) is 109 Å². The molecule has 0 fully saturated rings. The average molecular weight is 923 g/mol. The molecule has 0 aromatic rings. The number of aliphatic hydroxyl groups excluding tert-OH is 1. The van der Waals surface area contributed by atoms with E-state index in [1.54, 1.807) is 0 Å². The second-order valence-corrected chi connectivity index (χ2v) is 18.1. The highest BCUT2D eigenvalue weighted by Crippen LogP contribution is 2.43. The number of carbonyl (C=O) groups excluding carboxylic acids is 3. The van der Waals surface area contributed by atoms with Crippen LogP contribution in [-0.2, 0) is 42.2 Å². The highest BCUT2D eigenvalue weighted by molar-refractivity contribution is 7.47. The Bertz CT molecular complexity index is 1310. The smallest absolute Gasteiger partial charge is 0.462 e. The molecule has 0 heterocycles. The number of rotatable bonds is 46. The van der Waals surface area contributed by atoms with Gasteiger partial charge in [-0.15, -0.1) is 0 Å². The van der Waals surface area contributed by atoms with Crippen molar-refractivity contribution in [2.45, 2.75) is 226 Å². The number of phosphoric ester groups is 1. The Labute approximate surface area is 389 Å². The molecule has 0 aromatic carbocycles. The van der Waals surface area contributed by atoms with Gasteiger partial charge in [0.1, 0.15) is 12.7 Å².